The number of nitrogens with one attached hydrogen (secondary N) is 1. The molecule has 0 aliphatic rings. The Kier molecular flexibility index (Phi) is 6.57. The van der Waals surface area contributed by atoms with Crippen LogP contribution in [0.25, 0.3) is 0 Å². The molecule has 2 atom stereocenters. The summed E-state index contributed by atoms with van der Waals surface area (Å²) in [7, 11) is 3.77. The van der Waals surface area contributed by atoms with E-state index in [1.165, 1.54) is 12.8 Å². The quantitative estimate of drug-likeness (QED) is 0.595. The van der Waals surface area contributed by atoms with Crippen molar-refractivity contribution in [1.82, 2.24) is 5.32 Å². The molecule has 0 radical (unpaired) electrons. The minimum absolute atomic E-state index is 0.617. The highest BCUT2D eigenvalue weighted by Gasteiger charge is 2.08. The third-order valence-corrected chi connectivity index (χ3v) is 2.32. The highest BCUT2D eigenvalue weighted by atomic mass is 16.5. The van der Waals surface area contributed by atoms with Gasteiger partial charge in [0, 0.05) is 19.8 Å². The second-order valence-electron chi connectivity index (χ2n) is 3.19. The molecule has 0 aromatic heterocycles. The van der Waals surface area contributed by atoms with Crippen LogP contribution in [0.1, 0.15) is 26.7 Å². The van der Waals surface area contributed by atoms with Crippen LogP contribution in [0, 0.1) is 5.92 Å². The van der Waals surface area contributed by atoms with Crippen molar-refractivity contribution in [3.8, 4) is 0 Å². The molecule has 68 valence electrons. The van der Waals surface area contributed by atoms with Crippen LogP contribution in [-0.2, 0) is 4.74 Å². The lowest BCUT2D eigenvalue weighted by molar-refractivity contribution is 0.185. The first kappa shape index (κ1) is 10.9. The van der Waals surface area contributed by atoms with Crippen molar-refractivity contribution in [3.63, 3.8) is 0 Å². The van der Waals surface area contributed by atoms with Crippen molar-refractivity contribution in [3.05, 3.63) is 0 Å². The monoisotopic (exact) mass is 159 g/mol. The number of methoxy groups -OCH3 is 1. The summed E-state index contributed by atoms with van der Waals surface area (Å²) < 4.78 is 4.99. The Morgan fingerprint density at radius 1 is 1.36 bits per heavy atom. The zero-order chi connectivity index (χ0) is 8.69. The van der Waals surface area contributed by atoms with E-state index in [4.69, 9.17) is 4.74 Å². The Morgan fingerprint density at radius 3 is 2.45 bits per heavy atom. The van der Waals surface area contributed by atoms with Crippen molar-refractivity contribution in [1.29, 1.82) is 0 Å². The molecule has 0 fully saturated rings. The standard InChI is InChI=1S/C9H21NO/c1-8(9(2)10-3)6-5-7-11-4/h8-10H,5-7H2,1-4H3. The van der Waals surface area contributed by atoms with Gasteiger partial charge in [-0.2, -0.15) is 0 Å². The molecule has 0 bridgehead atoms. The fourth-order valence-electron chi connectivity index (χ4n) is 1.08. The summed E-state index contributed by atoms with van der Waals surface area (Å²) in [5.41, 5.74) is 0. The van der Waals surface area contributed by atoms with E-state index < -0.39 is 0 Å². The number of rotatable bonds is 6. The van der Waals surface area contributed by atoms with Gasteiger partial charge in [-0.1, -0.05) is 6.92 Å². The zero-order valence-electron chi connectivity index (χ0n) is 8.18. The summed E-state index contributed by atoms with van der Waals surface area (Å²) in [6.45, 7) is 5.38. The molecular formula is C9H21NO. The summed E-state index contributed by atoms with van der Waals surface area (Å²) in [6.07, 6.45) is 2.42. The van der Waals surface area contributed by atoms with Gasteiger partial charge >= 0.3 is 0 Å². The van der Waals surface area contributed by atoms with Gasteiger partial charge < -0.3 is 10.1 Å². The minimum Gasteiger partial charge on any atom is -0.385 e. The molecule has 0 aliphatic carbocycles. The fourth-order valence-corrected chi connectivity index (χ4v) is 1.08. The maximum Gasteiger partial charge on any atom is 0.0462 e. The largest absolute Gasteiger partial charge is 0.385 e. The first-order valence-electron chi connectivity index (χ1n) is 4.38. The van der Waals surface area contributed by atoms with Crippen molar-refractivity contribution in [2.75, 3.05) is 20.8 Å². The van der Waals surface area contributed by atoms with Crippen LogP contribution in [0.3, 0.4) is 0 Å². The molecule has 0 saturated carbocycles. The van der Waals surface area contributed by atoms with E-state index in [1.807, 2.05) is 7.05 Å². The van der Waals surface area contributed by atoms with Crippen LogP contribution in [0.15, 0.2) is 0 Å². The molecule has 0 heterocycles. The molecule has 0 aliphatic heterocycles. The first-order valence-corrected chi connectivity index (χ1v) is 4.38. The molecule has 0 rings (SSSR count). The predicted octanol–water partition coefficient (Wildman–Crippen LogP) is 1.66. The Balaban J connectivity index is 3.28. The Labute approximate surface area is 70.3 Å². The van der Waals surface area contributed by atoms with Gasteiger partial charge in [-0.05, 0) is 32.7 Å². The highest BCUT2D eigenvalue weighted by molar-refractivity contribution is 4.65. The van der Waals surface area contributed by atoms with Crippen LogP contribution >= 0.6 is 0 Å². The summed E-state index contributed by atoms with van der Waals surface area (Å²) in [4.78, 5) is 0. The second-order valence-corrected chi connectivity index (χ2v) is 3.19. The van der Waals surface area contributed by atoms with Gasteiger partial charge in [0.15, 0.2) is 0 Å². The van der Waals surface area contributed by atoms with Gasteiger partial charge in [0.2, 0.25) is 0 Å². The summed E-state index contributed by atoms with van der Waals surface area (Å²) in [5, 5.41) is 3.25. The van der Waals surface area contributed by atoms with E-state index in [0.717, 1.165) is 12.5 Å². The SMILES string of the molecule is CNC(C)C(C)CCCOC. The smallest absolute Gasteiger partial charge is 0.0462 e. The van der Waals surface area contributed by atoms with E-state index in [9.17, 15) is 0 Å². The Morgan fingerprint density at radius 2 is 2.00 bits per heavy atom. The topological polar surface area (TPSA) is 21.3 Å². The maximum atomic E-state index is 4.99. The molecule has 0 aromatic rings. The lowest BCUT2D eigenvalue weighted by Crippen LogP contribution is -2.28. The molecule has 0 saturated heterocycles. The molecule has 0 amide bonds. The normalized spacial score (nSPS) is 16.4. The third-order valence-electron chi connectivity index (χ3n) is 2.32. The van der Waals surface area contributed by atoms with Crippen LogP contribution in [0.4, 0.5) is 0 Å². The average Bonchev–Trinajstić information content (AvgIpc) is 2.03. The van der Waals surface area contributed by atoms with Crippen LogP contribution in [-0.4, -0.2) is 26.8 Å². The second kappa shape index (κ2) is 6.62. The minimum atomic E-state index is 0.617. The van der Waals surface area contributed by atoms with Gasteiger partial charge in [0.25, 0.3) is 0 Å². The lowest BCUT2D eigenvalue weighted by Gasteiger charge is -2.18. The highest BCUT2D eigenvalue weighted by Crippen LogP contribution is 2.09. The molecule has 0 aromatic carbocycles. The number of ether oxygens (including phenoxy) is 1. The van der Waals surface area contributed by atoms with E-state index in [1.54, 1.807) is 7.11 Å². The molecule has 2 nitrogen and oxygen atoms in total. The van der Waals surface area contributed by atoms with Crippen molar-refractivity contribution in [2.24, 2.45) is 5.92 Å². The molecule has 2 heteroatoms. The van der Waals surface area contributed by atoms with Crippen LogP contribution < -0.4 is 5.32 Å². The first-order chi connectivity index (χ1) is 5.22. The van der Waals surface area contributed by atoms with E-state index in [-0.39, 0.29) is 0 Å². The fraction of sp³-hybridized carbons (Fsp3) is 1.00. The summed E-state index contributed by atoms with van der Waals surface area (Å²) in [6, 6.07) is 0.617. The lowest BCUT2D eigenvalue weighted by atomic mass is 9.98. The molecule has 11 heavy (non-hydrogen) atoms. The third kappa shape index (κ3) is 5.22. The van der Waals surface area contributed by atoms with Crippen molar-refractivity contribution in [2.45, 2.75) is 32.7 Å². The molecule has 0 spiro atoms. The van der Waals surface area contributed by atoms with Gasteiger partial charge in [-0.15, -0.1) is 0 Å². The van der Waals surface area contributed by atoms with Gasteiger partial charge in [-0.25, -0.2) is 0 Å². The average molecular weight is 159 g/mol. The maximum absolute atomic E-state index is 4.99. The van der Waals surface area contributed by atoms with Crippen LogP contribution in [0.2, 0.25) is 0 Å². The van der Waals surface area contributed by atoms with Gasteiger partial charge in [-0.3, -0.25) is 0 Å². The summed E-state index contributed by atoms with van der Waals surface area (Å²) >= 11 is 0. The van der Waals surface area contributed by atoms with Gasteiger partial charge in [0.1, 0.15) is 0 Å². The molecule has 1 N–H and O–H groups in total. The number of hydrogen-bond donors (Lipinski definition) is 1. The van der Waals surface area contributed by atoms with Gasteiger partial charge in [0.05, 0.1) is 0 Å². The zero-order valence-corrected chi connectivity index (χ0v) is 8.18. The Hall–Kier alpha value is -0.0800. The van der Waals surface area contributed by atoms with E-state index >= 15 is 0 Å². The number of hydrogen-bond acceptors (Lipinski definition) is 2. The van der Waals surface area contributed by atoms with Crippen LogP contribution in [0.5, 0.6) is 0 Å². The van der Waals surface area contributed by atoms with Crippen molar-refractivity contribution >= 4 is 0 Å². The Bertz CT molecular complexity index is 85.6. The van der Waals surface area contributed by atoms with Crippen molar-refractivity contribution < 1.29 is 4.74 Å². The van der Waals surface area contributed by atoms with E-state index in [2.05, 4.69) is 19.2 Å². The molecular weight excluding hydrogens is 138 g/mol. The summed E-state index contributed by atoms with van der Waals surface area (Å²) in [5.74, 6) is 0.746. The van der Waals surface area contributed by atoms with E-state index in [0.29, 0.717) is 6.04 Å². The predicted molar refractivity (Wildman–Crippen MR) is 48.8 cm³/mol. The molecule has 2 unspecified atom stereocenters.